The Kier molecular flexibility index (Phi) is 14.7. The predicted molar refractivity (Wildman–Crippen MR) is 90.5 cm³/mol. The van der Waals surface area contributed by atoms with E-state index in [0.29, 0.717) is 12.8 Å². The molecule has 0 aromatic rings. The van der Waals surface area contributed by atoms with Gasteiger partial charge in [-0.05, 0) is 60.9 Å². The van der Waals surface area contributed by atoms with Gasteiger partial charge >= 0.3 is 5.97 Å². The minimum atomic E-state index is -0.780. The van der Waals surface area contributed by atoms with E-state index in [9.17, 15) is 4.79 Å². The summed E-state index contributed by atoms with van der Waals surface area (Å²) < 4.78 is 0. The first-order valence-corrected chi connectivity index (χ1v) is 7.68. The van der Waals surface area contributed by atoms with Crippen molar-refractivity contribution in [1.82, 2.24) is 0 Å². The first-order valence-electron chi connectivity index (χ1n) is 6.88. The molecule has 0 aliphatic rings. The first-order chi connectivity index (χ1) is 10.3. The molecule has 0 aliphatic carbocycles. The molecule has 2 nitrogen and oxygen atoms in total. The normalized spacial score (nSPS) is 9.38. The van der Waals surface area contributed by atoms with Crippen molar-refractivity contribution in [2.45, 2.75) is 44.9 Å². The van der Waals surface area contributed by atoms with Gasteiger partial charge in [-0.2, -0.15) is 0 Å². The summed E-state index contributed by atoms with van der Waals surface area (Å²) >= 11 is 3.03. The first kappa shape index (κ1) is 19.1. The van der Waals surface area contributed by atoms with E-state index in [1.165, 1.54) is 0 Å². The van der Waals surface area contributed by atoms with Gasteiger partial charge in [0.25, 0.3) is 0 Å². The number of rotatable bonds is 8. The van der Waals surface area contributed by atoms with Gasteiger partial charge in [0, 0.05) is 28.8 Å². The van der Waals surface area contributed by atoms with Crippen LogP contribution in [0.4, 0.5) is 0 Å². The summed E-state index contributed by atoms with van der Waals surface area (Å²) in [6, 6.07) is 0. The Morgan fingerprint density at radius 1 is 1.00 bits per heavy atom. The van der Waals surface area contributed by atoms with E-state index in [1.807, 2.05) is 18.2 Å². The zero-order valence-corrected chi connectivity index (χ0v) is 13.6. The van der Waals surface area contributed by atoms with Crippen LogP contribution in [0, 0.1) is 34.4 Å². The summed E-state index contributed by atoms with van der Waals surface area (Å²) in [5.41, 5.74) is 0. The van der Waals surface area contributed by atoms with Gasteiger partial charge in [0.2, 0.25) is 0 Å². The SMILES string of the molecule is O=C(O)CCCC#CC#C/C=C/CCCC/C=C/C#CBr. The Morgan fingerprint density at radius 2 is 1.67 bits per heavy atom. The summed E-state index contributed by atoms with van der Waals surface area (Å²) in [6.45, 7) is 0. The number of carbonyl (C=O) groups is 1. The van der Waals surface area contributed by atoms with Gasteiger partial charge in [-0.25, -0.2) is 0 Å². The fraction of sp³-hybridized carbons (Fsp3) is 0.389. The summed E-state index contributed by atoms with van der Waals surface area (Å²) in [4.78, 5) is 12.9. The quantitative estimate of drug-likeness (QED) is 0.526. The van der Waals surface area contributed by atoms with E-state index in [1.54, 1.807) is 0 Å². The Bertz CT molecular complexity index is 525. The summed E-state index contributed by atoms with van der Waals surface area (Å²) in [7, 11) is 0. The Morgan fingerprint density at radius 3 is 2.29 bits per heavy atom. The van der Waals surface area contributed by atoms with Crippen molar-refractivity contribution in [2.75, 3.05) is 0 Å². The lowest BCUT2D eigenvalue weighted by Gasteiger charge is -1.90. The van der Waals surface area contributed by atoms with Gasteiger partial charge in [-0.15, -0.1) is 0 Å². The largest absolute Gasteiger partial charge is 0.481 e. The highest BCUT2D eigenvalue weighted by Crippen LogP contribution is 2.01. The smallest absolute Gasteiger partial charge is 0.303 e. The third-order valence-electron chi connectivity index (χ3n) is 2.36. The van der Waals surface area contributed by atoms with Crippen molar-refractivity contribution < 1.29 is 9.90 Å². The fourth-order valence-corrected chi connectivity index (χ4v) is 1.49. The molecule has 3 heteroatoms. The van der Waals surface area contributed by atoms with E-state index in [2.05, 4.69) is 56.4 Å². The topological polar surface area (TPSA) is 37.3 Å². The molecular weight excluding hydrogens is 328 g/mol. The van der Waals surface area contributed by atoms with Gasteiger partial charge in [-0.1, -0.05) is 29.9 Å². The maximum atomic E-state index is 10.3. The molecule has 0 spiro atoms. The van der Waals surface area contributed by atoms with Crippen LogP contribution in [-0.2, 0) is 4.79 Å². The zero-order valence-electron chi connectivity index (χ0n) is 12.0. The maximum Gasteiger partial charge on any atom is 0.303 e. The van der Waals surface area contributed by atoms with Gasteiger partial charge in [0.05, 0.1) is 0 Å². The van der Waals surface area contributed by atoms with E-state index in [0.717, 1.165) is 25.7 Å². The summed E-state index contributed by atoms with van der Waals surface area (Å²) in [6.07, 6.45) is 13.4. The van der Waals surface area contributed by atoms with Gasteiger partial charge in [0.1, 0.15) is 0 Å². The minimum Gasteiger partial charge on any atom is -0.481 e. The fourth-order valence-electron chi connectivity index (χ4n) is 1.35. The van der Waals surface area contributed by atoms with E-state index >= 15 is 0 Å². The van der Waals surface area contributed by atoms with Crippen LogP contribution in [-0.4, -0.2) is 11.1 Å². The van der Waals surface area contributed by atoms with Crippen LogP contribution >= 0.6 is 15.9 Å². The molecule has 0 rings (SSSR count). The number of hydrogen-bond acceptors (Lipinski definition) is 1. The lowest BCUT2D eigenvalue weighted by Crippen LogP contribution is -1.92. The lowest BCUT2D eigenvalue weighted by atomic mass is 10.2. The van der Waals surface area contributed by atoms with Crippen LogP contribution < -0.4 is 0 Å². The Balaban J connectivity index is 3.55. The highest BCUT2D eigenvalue weighted by Gasteiger charge is 1.92. The van der Waals surface area contributed by atoms with Crippen LogP contribution in [0.2, 0.25) is 0 Å². The predicted octanol–water partition coefficient (Wildman–Crippen LogP) is 4.28. The molecular formula is C18H19BrO2. The van der Waals surface area contributed by atoms with E-state index in [4.69, 9.17) is 5.11 Å². The molecule has 0 aliphatic heterocycles. The molecule has 1 N–H and O–H groups in total. The minimum absolute atomic E-state index is 0.167. The van der Waals surface area contributed by atoms with Gasteiger partial charge in [0.15, 0.2) is 0 Å². The maximum absolute atomic E-state index is 10.3. The van der Waals surface area contributed by atoms with Crippen molar-refractivity contribution in [3.05, 3.63) is 24.3 Å². The average Bonchev–Trinajstić information content (AvgIpc) is 2.46. The average molecular weight is 347 g/mol. The molecule has 0 unspecified atom stereocenters. The molecule has 0 atom stereocenters. The lowest BCUT2D eigenvalue weighted by molar-refractivity contribution is -0.137. The number of carboxylic acid groups (broad SMARTS) is 1. The number of halogens is 1. The Hall–Kier alpha value is -1.89. The van der Waals surface area contributed by atoms with Crippen LogP contribution in [0.5, 0.6) is 0 Å². The monoisotopic (exact) mass is 346 g/mol. The van der Waals surface area contributed by atoms with Gasteiger partial charge in [-0.3, -0.25) is 4.79 Å². The van der Waals surface area contributed by atoms with Crippen molar-refractivity contribution >= 4 is 21.9 Å². The van der Waals surface area contributed by atoms with Gasteiger partial charge < -0.3 is 5.11 Å². The number of carboxylic acids is 1. The highest BCUT2D eigenvalue weighted by molar-refractivity contribution is 9.12. The van der Waals surface area contributed by atoms with E-state index < -0.39 is 5.97 Å². The Labute approximate surface area is 135 Å². The highest BCUT2D eigenvalue weighted by atomic mass is 79.9. The molecule has 21 heavy (non-hydrogen) atoms. The number of aliphatic carboxylic acids is 1. The molecule has 0 saturated heterocycles. The van der Waals surface area contributed by atoms with Crippen LogP contribution in [0.15, 0.2) is 24.3 Å². The van der Waals surface area contributed by atoms with Crippen molar-refractivity contribution in [1.29, 1.82) is 0 Å². The molecule has 0 amide bonds. The van der Waals surface area contributed by atoms with Crippen LogP contribution in [0.3, 0.4) is 0 Å². The summed E-state index contributed by atoms with van der Waals surface area (Å²) in [5.74, 6) is 13.1. The second-order valence-corrected chi connectivity index (χ2v) is 4.54. The molecule has 0 radical (unpaired) electrons. The zero-order chi connectivity index (χ0) is 15.6. The van der Waals surface area contributed by atoms with Crippen molar-refractivity contribution in [3.8, 4) is 34.4 Å². The molecule has 0 bridgehead atoms. The van der Waals surface area contributed by atoms with Crippen molar-refractivity contribution in [2.24, 2.45) is 0 Å². The number of unbranched alkanes of at least 4 members (excludes halogenated alkanes) is 4. The van der Waals surface area contributed by atoms with Crippen LogP contribution in [0.25, 0.3) is 0 Å². The third kappa shape index (κ3) is 18.1. The molecule has 0 aromatic heterocycles. The van der Waals surface area contributed by atoms with E-state index in [-0.39, 0.29) is 6.42 Å². The molecule has 0 aromatic carbocycles. The molecule has 0 saturated carbocycles. The second kappa shape index (κ2) is 16.2. The standard InChI is InChI=1S/C18H19BrO2/c19-17-15-13-11-9-7-5-3-1-2-4-6-8-10-12-14-16-18(20)21/h1-2,11,13H,3,5,7,9,12,14,16H2,(H,20,21)/b2-1+,13-11+. The second-order valence-electron chi connectivity index (χ2n) is 4.15. The molecule has 0 heterocycles. The third-order valence-corrected chi connectivity index (χ3v) is 2.59. The molecule has 110 valence electrons. The molecule has 0 fully saturated rings. The number of hydrogen-bond donors (Lipinski definition) is 1. The van der Waals surface area contributed by atoms with Crippen LogP contribution in [0.1, 0.15) is 44.9 Å². The summed E-state index contributed by atoms with van der Waals surface area (Å²) in [5, 5.41) is 8.43. The van der Waals surface area contributed by atoms with Crippen molar-refractivity contribution in [3.63, 3.8) is 0 Å². The number of allylic oxidation sites excluding steroid dienone is 4.